The minimum absolute atomic E-state index is 0.213. The minimum atomic E-state index is -0.213. The maximum atomic E-state index is 13.2. The molecule has 6 nitrogen and oxygen atoms in total. The van der Waals surface area contributed by atoms with Gasteiger partial charge in [0.2, 0.25) is 11.4 Å². The summed E-state index contributed by atoms with van der Waals surface area (Å²) >= 11 is 12.7. The van der Waals surface area contributed by atoms with Crippen molar-refractivity contribution in [3.63, 3.8) is 0 Å². The van der Waals surface area contributed by atoms with Crippen LogP contribution >= 0.6 is 23.2 Å². The lowest BCUT2D eigenvalue weighted by Gasteiger charge is -2.18. The van der Waals surface area contributed by atoms with Crippen molar-refractivity contribution in [2.75, 3.05) is 11.9 Å². The van der Waals surface area contributed by atoms with E-state index in [1.54, 1.807) is 35.2 Å². The SMILES string of the molecule is Cn1cc(-c2c(Cl)cccc2Cl)c(=O)c2cnc(Nc3ccc4c(c3)CNCC4)nc21. The summed E-state index contributed by atoms with van der Waals surface area (Å²) in [7, 11) is 1.83. The second-order valence-electron chi connectivity index (χ2n) is 7.55. The number of hydrogen-bond acceptors (Lipinski definition) is 5. The summed E-state index contributed by atoms with van der Waals surface area (Å²) in [6.07, 6.45) is 4.28. The van der Waals surface area contributed by atoms with E-state index in [9.17, 15) is 4.79 Å². The molecule has 0 amide bonds. The van der Waals surface area contributed by atoms with Gasteiger partial charge in [0.25, 0.3) is 0 Å². The number of aromatic nitrogens is 3. The van der Waals surface area contributed by atoms with Gasteiger partial charge in [-0.2, -0.15) is 4.98 Å². The second kappa shape index (κ2) is 7.96. The highest BCUT2D eigenvalue weighted by Crippen LogP contribution is 2.33. The van der Waals surface area contributed by atoms with E-state index in [1.807, 2.05) is 13.1 Å². The number of hydrogen-bond donors (Lipinski definition) is 2. The Labute approximate surface area is 188 Å². The fourth-order valence-corrected chi connectivity index (χ4v) is 4.54. The van der Waals surface area contributed by atoms with Crippen LogP contribution in [0.25, 0.3) is 22.2 Å². The first-order valence-electron chi connectivity index (χ1n) is 9.91. The average molecular weight is 452 g/mol. The third kappa shape index (κ3) is 3.67. The molecule has 0 atom stereocenters. The Morgan fingerprint density at radius 2 is 1.94 bits per heavy atom. The Morgan fingerprint density at radius 3 is 2.74 bits per heavy atom. The molecule has 31 heavy (non-hydrogen) atoms. The lowest BCUT2D eigenvalue weighted by atomic mass is 10.0. The van der Waals surface area contributed by atoms with Crippen LogP contribution in [0.1, 0.15) is 11.1 Å². The lowest BCUT2D eigenvalue weighted by Crippen LogP contribution is -2.23. The Bertz CT molecular complexity index is 1360. The van der Waals surface area contributed by atoms with Gasteiger partial charge in [-0.15, -0.1) is 0 Å². The van der Waals surface area contributed by atoms with Gasteiger partial charge in [-0.05, 0) is 48.4 Å². The number of rotatable bonds is 3. The maximum Gasteiger partial charge on any atom is 0.229 e. The molecule has 0 bridgehead atoms. The van der Waals surface area contributed by atoms with Gasteiger partial charge in [-0.1, -0.05) is 35.3 Å². The van der Waals surface area contributed by atoms with E-state index in [0.29, 0.717) is 38.2 Å². The monoisotopic (exact) mass is 451 g/mol. The molecular weight excluding hydrogens is 433 g/mol. The van der Waals surface area contributed by atoms with Crippen LogP contribution in [0.2, 0.25) is 10.0 Å². The second-order valence-corrected chi connectivity index (χ2v) is 8.36. The van der Waals surface area contributed by atoms with Crippen LogP contribution in [0.3, 0.4) is 0 Å². The first kappa shape index (κ1) is 20.0. The van der Waals surface area contributed by atoms with Gasteiger partial charge in [0.05, 0.1) is 15.4 Å². The number of aryl methyl sites for hydroxylation is 1. The molecule has 4 aromatic rings. The van der Waals surface area contributed by atoms with Crippen LogP contribution in [0.5, 0.6) is 0 Å². The Morgan fingerprint density at radius 1 is 1.13 bits per heavy atom. The average Bonchev–Trinajstić information content (AvgIpc) is 2.77. The largest absolute Gasteiger partial charge is 0.335 e. The van der Waals surface area contributed by atoms with Gasteiger partial charge in [0.1, 0.15) is 5.65 Å². The van der Waals surface area contributed by atoms with Gasteiger partial charge < -0.3 is 15.2 Å². The highest BCUT2D eigenvalue weighted by Gasteiger charge is 2.17. The normalized spacial score (nSPS) is 13.3. The van der Waals surface area contributed by atoms with Crippen LogP contribution in [0.4, 0.5) is 11.6 Å². The summed E-state index contributed by atoms with van der Waals surface area (Å²) in [5.74, 6) is 0.426. The van der Waals surface area contributed by atoms with Crippen molar-refractivity contribution in [2.24, 2.45) is 7.05 Å². The van der Waals surface area contributed by atoms with Crippen LogP contribution in [-0.2, 0) is 20.0 Å². The van der Waals surface area contributed by atoms with Gasteiger partial charge in [-0.3, -0.25) is 4.79 Å². The fraction of sp³-hybridized carbons (Fsp3) is 0.174. The summed E-state index contributed by atoms with van der Waals surface area (Å²) in [6.45, 7) is 1.86. The van der Waals surface area contributed by atoms with Crippen molar-refractivity contribution >= 4 is 45.9 Å². The molecule has 2 aromatic carbocycles. The van der Waals surface area contributed by atoms with E-state index in [2.05, 4.69) is 32.7 Å². The molecule has 1 aliphatic rings. The summed E-state index contributed by atoms with van der Waals surface area (Å²) < 4.78 is 1.79. The van der Waals surface area contributed by atoms with E-state index in [1.165, 1.54) is 11.1 Å². The smallest absolute Gasteiger partial charge is 0.229 e. The molecule has 0 saturated carbocycles. The molecule has 0 radical (unpaired) electrons. The molecule has 5 rings (SSSR count). The van der Waals surface area contributed by atoms with E-state index in [4.69, 9.17) is 23.2 Å². The van der Waals surface area contributed by atoms with Gasteiger partial charge >= 0.3 is 0 Å². The van der Waals surface area contributed by atoms with Gasteiger partial charge in [-0.25, -0.2) is 4.98 Å². The summed E-state index contributed by atoms with van der Waals surface area (Å²) in [5.41, 5.74) is 4.77. The third-order valence-electron chi connectivity index (χ3n) is 5.50. The zero-order valence-electron chi connectivity index (χ0n) is 16.7. The number of anilines is 2. The number of halogens is 2. The fourth-order valence-electron chi connectivity index (χ4n) is 3.94. The highest BCUT2D eigenvalue weighted by molar-refractivity contribution is 6.39. The number of fused-ring (bicyclic) bond motifs is 2. The summed E-state index contributed by atoms with van der Waals surface area (Å²) in [5, 5.41) is 7.87. The molecule has 0 saturated heterocycles. The molecule has 0 spiro atoms. The van der Waals surface area contributed by atoms with Crippen LogP contribution < -0.4 is 16.1 Å². The van der Waals surface area contributed by atoms with Crippen molar-refractivity contribution in [2.45, 2.75) is 13.0 Å². The van der Waals surface area contributed by atoms with Crippen molar-refractivity contribution in [1.82, 2.24) is 19.9 Å². The first-order chi connectivity index (χ1) is 15.0. The van der Waals surface area contributed by atoms with E-state index in [-0.39, 0.29) is 5.43 Å². The Hall–Kier alpha value is -2.93. The van der Waals surface area contributed by atoms with Crippen molar-refractivity contribution in [1.29, 1.82) is 0 Å². The molecular formula is C23H19Cl2N5O. The molecule has 2 N–H and O–H groups in total. The molecule has 3 heterocycles. The van der Waals surface area contributed by atoms with E-state index in [0.717, 1.165) is 25.2 Å². The third-order valence-corrected chi connectivity index (χ3v) is 6.13. The molecule has 1 aliphatic heterocycles. The quantitative estimate of drug-likeness (QED) is 0.472. The maximum absolute atomic E-state index is 13.2. The standard InChI is InChI=1S/C23H19Cl2N5O/c1-30-12-17(20-18(24)3-2-4-19(20)25)21(31)16-11-27-23(29-22(16)30)28-15-6-5-13-7-8-26-10-14(13)9-15/h2-6,9,11-12,26H,7-8,10H2,1H3,(H,27,28,29). The van der Waals surface area contributed by atoms with Crippen molar-refractivity contribution in [3.05, 3.63) is 80.2 Å². The molecule has 2 aromatic heterocycles. The predicted octanol–water partition coefficient (Wildman–Crippen LogP) is 4.69. The number of nitrogens with zero attached hydrogens (tertiary/aromatic N) is 3. The molecule has 0 aliphatic carbocycles. The van der Waals surface area contributed by atoms with Gasteiger partial charge in [0.15, 0.2) is 0 Å². The number of benzene rings is 2. The number of pyridine rings is 1. The summed E-state index contributed by atoms with van der Waals surface area (Å²) in [4.78, 5) is 22.1. The van der Waals surface area contributed by atoms with Crippen molar-refractivity contribution in [3.8, 4) is 11.1 Å². The van der Waals surface area contributed by atoms with Crippen LogP contribution in [0.15, 0.2) is 53.6 Å². The predicted molar refractivity (Wildman–Crippen MR) is 125 cm³/mol. The van der Waals surface area contributed by atoms with Crippen molar-refractivity contribution < 1.29 is 0 Å². The van der Waals surface area contributed by atoms with Gasteiger partial charge in [0, 0.05) is 42.8 Å². The van der Waals surface area contributed by atoms with Crippen LogP contribution in [0, 0.1) is 0 Å². The number of nitrogens with one attached hydrogen (secondary N) is 2. The minimum Gasteiger partial charge on any atom is -0.335 e. The molecule has 0 fully saturated rings. The van der Waals surface area contributed by atoms with E-state index >= 15 is 0 Å². The summed E-state index contributed by atoms with van der Waals surface area (Å²) in [6, 6.07) is 11.4. The zero-order valence-corrected chi connectivity index (χ0v) is 18.3. The first-order valence-corrected chi connectivity index (χ1v) is 10.7. The Kier molecular flexibility index (Phi) is 5.14. The molecule has 8 heteroatoms. The highest BCUT2D eigenvalue weighted by atomic mass is 35.5. The molecule has 156 valence electrons. The topological polar surface area (TPSA) is 71.8 Å². The van der Waals surface area contributed by atoms with Crippen LogP contribution in [-0.4, -0.2) is 21.1 Å². The lowest BCUT2D eigenvalue weighted by molar-refractivity contribution is 0.644. The molecule has 0 unspecified atom stereocenters. The Balaban J connectivity index is 1.55. The zero-order chi connectivity index (χ0) is 21.5. The van der Waals surface area contributed by atoms with E-state index < -0.39 is 0 Å².